The molecule has 1 aromatic heterocycles. The summed E-state index contributed by atoms with van der Waals surface area (Å²) in [5, 5.41) is 9.27. The maximum atomic E-state index is 11.6. The second-order valence-corrected chi connectivity index (χ2v) is 4.46. The third-order valence-corrected chi connectivity index (χ3v) is 2.83. The van der Waals surface area contributed by atoms with Gasteiger partial charge in [0.1, 0.15) is 6.54 Å². The zero-order valence-electron chi connectivity index (χ0n) is 12.3. The Morgan fingerprint density at radius 3 is 2.86 bits per heavy atom. The average Bonchev–Trinajstić information content (AvgIpc) is 3.06. The predicted molar refractivity (Wildman–Crippen MR) is 80.4 cm³/mol. The van der Waals surface area contributed by atoms with Crippen molar-refractivity contribution in [3.63, 3.8) is 0 Å². The van der Waals surface area contributed by atoms with E-state index in [0.717, 1.165) is 11.3 Å². The van der Waals surface area contributed by atoms with Crippen LogP contribution in [0.5, 0.6) is 0 Å². The molecule has 2 rings (SSSR count). The number of aromatic nitrogens is 2. The summed E-state index contributed by atoms with van der Waals surface area (Å²) in [6, 6.07) is 9.07. The minimum absolute atomic E-state index is 0.146. The van der Waals surface area contributed by atoms with Crippen molar-refractivity contribution in [2.45, 2.75) is 13.5 Å². The Hall–Kier alpha value is -2.83. The fourth-order valence-electron chi connectivity index (χ4n) is 1.84. The summed E-state index contributed by atoms with van der Waals surface area (Å²) in [6.45, 7) is 2.21. The molecule has 0 aliphatic rings. The molecule has 7 heteroatoms. The lowest BCUT2D eigenvalue weighted by molar-refractivity contribution is -0.141. The zero-order chi connectivity index (χ0) is 15.8. The smallest absolute Gasteiger partial charge is 0.325 e. The molecule has 2 N–H and O–H groups in total. The van der Waals surface area contributed by atoms with Crippen molar-refractivity contribution in [3.05, 3.63) is 48.3 Å². The van der Waals surface area contributed by atoms with E-state index >= 15 is 0 Å². The Bertz CT molecular complexity index is 625. The Kier molecular flexibility index (Phi) is 5.53. The molecular weight excluding hydrogens is 284 g/mol. The van der Waals surface area contributed by atoms with Crippen LogP contribution in [0.2, 0.25) is 0 Å². The van der Waals surface area contributed by atoms with Crippen molar-refractivity contribution in [1.29, 1.82) is 0 Å². The molecule has 116 valence electrons. The monoisotopic (exact) mass is 302 g/mol. The van der Waals surface area contributed by atoms with Crippen molar-refractivity contribution in [2.75, 3.05) is 13.2 Å². The van der Waals surface area contributed by atoms with Crippen molar-refractivity contribution < 1.29 is 14.3 Å². The Morgan fingerprint density at radius 1 is 1.27 bits per heavy atom. The van der Waals surface area contributed by atoms with Crippen LogP contribution in [-0.2, 0) is 16.1 Å². The molecule has 2 amide bonds. The van der Waals surface area contributed by atoms with Gasteiger partial charge in [-0.25, -0.2) is 9.48 Å². The van der Waals surface area contributed by atoms with Crippen LogP contribution < -0.4 is 10.6 Å². The van der Waals surface area contributed by atoms with E-state index in [9.17, 15) is 9.59 Å². The quantitative estimate of drug-likeness (QED) is 0.786. The second-order valence-electron chi connectivity index (χ2n) is 4.46. The van der Waals surface area contributed by atoms with E-state index in [1.54, 1.807) is 17.8 Å². The SMILES string of the molecule is CCOC(=O)CNC(=O)NCc1cccc(-n2cccn2)c1. The number of hydrogen-bond donors (Lipinski definition) is 2. The number of urea groups is 1. The third-order valence-electron chi connectivity index (χ3n) is 2.83. The van der Waals surface area contributed by atoms with Crippen LogP contribution in [0.3, 0.4) is 0 Å². The van der Waals surface area contributed by atoms with E-state index in [1.807, 2.05) is 36.5 Å². The van der Waals surface area contributed by atoms with Crippen LogP contribution in [0.4, 0.5) is 4.79 Å². The van der Waals surface area contributed by atoms with E-state index in [4.69, 9.17) is 4.74 Å². The highest BCUT2D eigenvalue weighted by molar-refractivity contribution is 5.80. The van der Waals surface area contributed by atoms with E-state index < -0.39 is 12.0 Å². The average molecular weight is 302 g/mol. The molecule has 0 unspecified atom stereocenters. The first-order valence-corrected chi connectivity index (χ1v) is 6.95. The standard InChI is InChI=1S/C15H18N4O3/c1-2-22-14(20)11-17-15(21)16-10-12-5-3-6-13(9-12)19-8-4-7-18-19/h3-9H,2,10-11H2,1H3,(H2,16,17,21). The number of ether oxygens (including phenoxy) is 1. The molecule has 7 nitrogen and oxygen atoms in total. The molecule has 0 bridgehead atoms. The van der Waals surface area contributed by atoms with Gasteiger partial charge in [0.25, 0.3) is 0 Å². The minimum atomic E-state index is -0.460. The van der Waals surface area contributed by atoms with Gasteiger partial charge in [0.05, 0.1) is 12.3 Å². The highest BCUT2D eigenvalue weighted by atomic mass is 16.5. The summed E-state index contributed by atoms with van der Waals surface area (Å²) >= 11 is 0. The van der Waals surface area contributed by atoms with Gasteiger partial charge in [0.2, 0.25) is 0 Å². The van der Waals surface area contributed by atoms with Crippen LogP contribution in [0.1, 0.15) is 12.5 Å². The molecule has 22 heavy (non-hydrogen) atoms. The molecule has 2 aromatic rings. The Labute approximate surface area is 128 Å². The number of nitrogens with zero attached hydrogens (tertiary/aromatic N) is 2. The van der Waals surface area contributed by atoms with Gasteiger partial charge in [-0.3, -0.25) is 4.79 Å². The zero-order valence-corrected chi connectivity index (χ0v) is 12.3. The lowest BCUT2D eigenvalue weighted by atomic mass is 10.2. The highest BCUT2D eigenvalue weighted by Gasteiger charge is 2.05. The van der Waals surface area contributed by atoms with Gasteiger partial charge in [-0.1, -0.05) is 12.1 Å². The largest absolute Gasteiger partial charge is 0.465 e. The lowest BCUT2D eigenvalue weighted by Crippen LogP contribution is -2.38. The number of nitrogens with one attached hydrogen (secondary N) is 2. The molecule has 0 radical (unpaired) electrons. The number of carbonyl (C=O) groups excluding carboxylic acids is 2. The van der Waals surface area contributed by atoms with Gasteiger partial charge in [-0.15, -0.1) is 0 Å². The normalized spacial score (nSPS) is 10.0. The molecule has 0 fully saturated rings. The van der Waals surface area contributed by atoms with Gasteiger partial charge >= 0.3 is 12.0 Å². The summed E-state index contributed by atoms with van der Waals surface area (Å²) in [5.41, 5.74) is 1.84. The molecule has 1 aromatic carbocycles. The second kappa shape index (κ2) is 7.82. The molecule has 1 heterocycles. The van der Waals surface area contributed by atoms with Crippen molar-refractivity contribution in [2.24, 2.45) is 0 Å². The molecule has 0 spiro atoms. The van der Waals surface area contributed by atoms with Gasteiger partial charge in [0, 0.05) is 18.9 Å². The van der Waals surface area contributed by atoms with E-state index in [2.05, 4.69) is 15.7 Å². The summed E-state index contributed by atoms with van der Waals surface area (Å²) < 4.78 is 6.46. The summed E-state index contributed by atoms with van der Waals surface area (Å²) in [6.07, 6.45) is 3.55. The topological polar surface area (TPSA) is 85.2 Å². The van der Waals surface area contributed by atoms with Crippen LogP contribution in [-0.4, -0.2) is 34.9 Å². The van der Waals surface area contributed by atoms with Crippen LogP contribution >= 0.6 is 0 Å². The van der Waals surface area contributed by atoms with E-state index in [0.29, 0.717) is 13.2 Å². The first kappa shape index (κ1) is 15.6. The summed E-state index contributed by atoms with van der Waals surface area (Å²) in [5.74, 6) is -0.460. The van der Waals surface area contributed by atoms with Crippen LogP contribution in [0.15, 0.2) is 42.7 Å². The minimum Gasteiger partial charge on any atom is -0.465 e. The Balaban J connectivity index is 1.83. The molecule has 0 atom stereocenters. The molecule has 0 aliphatic carbocycles. The highest BCUT2D eigenvalue weighted by Crippen LogP contribution is 2.09. The fraction of sp³-hybridized carbons (Fsp3) is 0.267. The first-order chi connectivity index (χ1) is 10.7. The van der Waals surface area contributed by atoms with Crippen LogP contribution in [0, 0.1) is 0 Å². The molecule has 0 saturated carbocycles. The third kappa shape index (κ3) is 4.62. The lowest BCUT2D eigenvalue weighted by Gasteiger charge is -2.08. The van der Waals surface area contributed by atoms with Gasteiger partial charge in [0.15, 0.2) is 0 Å². The maximum Gasteiger partial charge on any atom is 0.325 e. The van der Waals surface area contributed by atoms with E-state index in [-0.39, 0.29) is 6.54 Å². The first-order valence-electron chi connectivity index (χ1n) is 6.95. The predicted octanol–water partition coefficient (Wildman–Crippen LogP) is 1.23. The van der Waals surface area contributed by atoms with Gasteiger partial charge in [-0.2, -0.15) is 5.10 Å². The fourth-order valence-corrected chi connectivity index (χ4v) is 1.84. The van der Waals surface area contributed by atoms with Gasteiger partial charge < -0.3 is 15.4 Å². The molecule has 0 saturated heterocycles. The number of rotatable bonds is 6. The number of benzene rings is 1. The van der Waals surface area contributed by atoms with Crippen molar-refractivity contribution in [3.8, 4) is 5.69 Å². The van der Waals surface area contributed by atoms with E-state index in [1.165, 1.54) is 0 Å². The number of esters is 1. The van der Waals surface area contributed by atoms with Gasteiger partial charge in [-0.05, 0) is 30.7 Å². The van der Waals surface area contributed by atoms with Crippen molar-refractivity contribution in [1.82, 2.24) is 20.4 Å². The summed E-state index contributed by atoms with van der Waals surface area (Å²) in [4.78, 5) is 22.7. The number of hydrogen-bond acceptors (Lipinski definition) is 4. The number of carbonyl (C=O) groups is 2. The number of amides is 2. The molecule has 0 aliphatic heterocycles. The molecular formula is C15H18N4O3. The summed E-state index contributed by atoms with van der Waals surface area (Å²) in [7, 11) is 0. The maximum absolute atomic E-state index is 11.6. The van der Waals surface area contributed by atoms with Crippen molar-refractivity contribution >= 4 is 12.0 Å². The Morgan fingerprint density at radius 2 is 2.14 bits per heavy atom. The van der Waals surface area contributed by atoms with Crippen LogP contribution in [0.25, 0.3) is 5.69 Å².